The van der Waals surface area contributed by atoms with Crippen LogP contribution >= 0.6 is 0 Å². The molecule has 4 nitrogen and oxygen atoms in total. The zero-order valence-electron chi connectivity index (χ0n) is 8.23. The fourth-order valence-electron chi connectivity index (χ4n) is 1.02. The summed E-state index contributed by atoms with van der Waals surface area (Å²) in [4.78, 5) is -0.346. The van der Waals surface area contributed by atoms with Gasteiger partial charge in [-0.1, -0.05) is 12.1 Å². The number of hydrogen-bond donors (Lipinski definition) is 1. The minimum absolute atomic E-state index is 0.118. The summed E-state index contributed by atoms with van der Waals surface area (Å²) in [6, 6.07) is 5.22. The van der Waals surface area contributed by atoms with E-state index in [4.69, 9.17) is 0 Å². The van der Waals surface area contributed by atoms with Gasteiger partial charge in [0.15, 0.2) is 0 Å². The Morgan fingerprint density at radius 2 is 2.07 bits per heavy atom. The summed E-state index contributed by atoms with van der Waals surface area (Å²) in [5, 5.41) is 0. The van der Waals surface area contributed by atoms with Crippen LogP contribution in [0.25, 0.3) is 0 Å². The van der Waals surface area contributed by atoms with E-state index in [9.17, 15) is 12.8 Å². The molecule has 0 amide bonds. The Morgan fingerprint density at radius 1 is 1.40 bits per heavy atom. The van der Waals surface area contributed by atoms with E-state index in [-0.39, 0.29) is 18.0 Å². The van der Waals surface area contributed by atoms with Crippen LogP contribution in [-0.2, 0) is 14.8 Å². The fourth-order valence-corrected chi connectivity index (χ4v) is 2.11. The van der Waals surface area contributed by atoms with E-state index >= 15 is 0 Å². The third-order valence-electron chi connectivity index (χ3n) is 1.72. The summed E-state index contributed by atoms with van der Waals surface area (Å²) in [5.41, 5.74) is 0. The van der Waals surface area contributed by atoms with Gasteiger partial charge in [0.25, 0.3) is 0 Å². The van der Waals surface area contributed by atoms with Gasteiger partial charge in [0, 0.05) is 13.7 Å². The summed E-state index contributed by atoms with van der Waals surface area (Å²) < 4.78 is 43.1. The van der Waals surface area contributed by atoms with Gasteiger partial charge in [-0.2, -0.15) is 0 Å². The molecule has 15 heavy (non-hydrogen) atoms. The third kappa shape index (κ3) is 3.26. The summed E-state index contributed by atoms with van der Waals surface area (Å²) in [5.74, 6) is -0.762. The van der Waals surface area contributed by atoms with E-state index in [1.54, 1.807) is 0 Å². The van der Waals surface area contributed by atoms with Crippen molar-refractivity contribution in [1.29, 1.82) is 0 Å². The van der Waals surface area contributed by atoms with Crippen LogP contribution in [0.4, 0.5) is 4.39 Å². The number of benzene rings is 1. The van der Waals surface area contributed by atoms with E-state index in [1.165, 1.54) is 25.3 Å². The number of rotatable bonds is 5. The summed E-state index contributed by atoms with van der Waals surface area (Å²) in [6.07, 6.45) is 0. The molecule has 0 aliphatic rings. The molecule has 0 atom stereocenters. The number of nitrogens with one attached hydrogen (secondary N) is 1. The van der Waals surface area contributed by atoms with Gasteiger partial charge in [0.2, 0.25) is 10.0 Å². The van der Waals surface area contributed by atoms with Crippen molar-refractivity contribution in [3.8, 4) is 0 Å². The lowest BCUT2D eigenvalue weighted by atomic mass is 10.4. The molecule has 0 radical (unpaired) electrons. The summed E-state index contributed by atoms with van der Waals surface area (Å²) in [7, 11) is -2.31. The first-order valence-corrected chi connectivity index (χ1v) is 5.79. The molecule has 1 aromatic rings. The molecule has 0 saturated carbocycles. The number of ether oxygens (including phenoxy) is 1. The molecule has 84 valence electrons. The molecule has 0 saturated heterocycles. The molecule has 1 aromatic carbocycles. The molecule has 0 fully saturated rings. The standard InChI is InChI=1S/C9H12FNO3S/c1-14-7-6-11-15(12,13)9-5-3-2-4-8(9)10/h2-5,11H,6-7H2,1H3. The molecule has 0 aliphatic heterocycles. The van der Waals surface area contributed by atoms with Gasteiger partial charge in [-0.3, -0.25) is 0 Å². The lowest BCUT2D eigenvalue weighted by Crippen LogP contribution is -2.27. The van der Waals surface area contributed by atoms with Gasteiger partial charge in [-0.05, 0) is 12.1 Å². The van der Waals surface area contributed by atoms with Gasteiger partial charge in [0.05, 0.1) is 6.61 Å². The third-order valence-corrected chi connectivity index (χ3v) is 3.22. The monoisotopic (exact) mass is 233 g/mol. The second kappa shape index (κ2) is 5.20. The van der Waals surface area contributed by atoms with Crippen LogP contribution in [0.3, 0.4) is 0 Å². The predicted molar refractivity (Wildman–Crippen MR) is 53.5 cm³/mol. The van der Waals surface area contributed by atoms with Crippen LogP contribution in [0.5, 0.6) is 0 Å². The molecule has 1 N–H and O–H groups in total. The minimum Gasteiger partial charge on any atom is -0.383 e. The quantitative estimate of drug-likeness (QED) is 0.763. The molecule has 0 unspecified atom stereocenters. The van der Waals surface area contributed by atoms with Gasteiger partial charge in [-0.15, -0.1) is 0 Å². The average molecular weight is 233 g/mol. The molecule has 0 aromatic heterocycles. The molecule has 6 heteroatoms. The second-order valence-electron chi connectivity index (χ2n) is 2.82. The van der Waals surface area contributed by atoms with E-state index < -0.39 is 15.8 Å². The van der Waals surface area contributed by atoms with Crippen molar-refractivity contribution in [3.63, 3.8) is 0 Å². The van der Waals surface area contributed by atoms with E-state index in [2.05, 4.69) is 9.46 Å². The highest BCUT2D eigenvalue weighted by Crippen LogP contribution is 2.12. The zero-order chi connectivity index (χ0) is 11.3. The van der Waals surface area contributed by atoms with Crippen LogP contribution in [-0.4, -0.2) is 28.7 Å². The Hall–Kier alpha value is -0.980. The molecule has 0 bridgehead atoms. The van der Waals surface area contributed by atoms with Gasteiger partial charge < -0.3 is 4.74 Å². The van der Waals surface area contributed by atoms with Crippen molar-refractivity contribution in [3.05, 3.63) is 30.1 Å². The number of hydrogen-bond acceptors (Lipinski definition) is 3. The average Bonchev–Trinajstić information content (AvgIpc) is 2.18. The van der Waals surface area contributed by atoms with Crippen LogP contribution < -0.4 is 4.72 Å². The van der Waals surface area contributed by atoms with Crippen molar-refractivity contribution in [2.75, 3.05) is 20.3 Å². The van der Waals surface area contributed by atoms with Gasteiger partial charge in [0.1, 0.15) is 10.7 Å². The maximum absolute atomic E-state index is 13.1. The SMILES string of the molecule is COCCNS(=O)(=O)c1ccccc1F. The Labute approximate surface area is 88.1 Å². The normalized spacial score (nSPS) is 11.6. The number of methoxy groups -OCH3 is 1. The number of sulfonamides is 1. The van der Waals surface area contributed by atoms with E-state index in [0.717, 1.165) is 6.07 Å². The topological polar surface area (TPSA) is 55.4 Å². The molecule has 0 spiro atoms. The van der Waals surface area contributed by atoms with Crippen molar-refractivity contribution in [1.82, 2.24) is 4.72 Å². The van der Waals surface area contributed by atoms with Gasteiger partial charge in [-0.25, -0.2) is 17.5 Å². The molecular weight excluding hydrogens is 221 g/mol. The Balaban J connectivity index is 2.83. The van der Waals surface area contributed by atoms with Crippen molar-refractivity contribution in [2.45, 2.75) is 4.90 Å². The maximum atomic E-state index is 13.1. The fraction of sp³-hybridized carbons (Fsp3) is 0.333. The van der Waals surface area contributed by atoms with E-state index in [1.807, 2.05) is 0 Å². The molecule has 1 rings (SSSR count). The first kappa shape index (κ1) is 12.1. The van der Waals surface area contributed by atoms with Crippen LogP contribution in [0.2, 0.25) is 0 Å². The minimum atomic E-state index is -3.77. The van der Waals surface area contributed by atoms with Crippen LogP contribution in [0.15, 0.2) is 29.2 Å². The maximum Gasteiger partial charge on any atom is 0.243 e. The first-order chi connectivity index (χ1) is 7.08. The number of halogens is 1. The highest BCUT2D eigenvalue weighted by molar-refractivity contribution is 7.89. The molecular formula is C9H12FNO3S. The van der Waals surface area contributed by atoms with Crippen LogP contribution in [0.1, 0.15) is 0 Å². The molecule has 0 heterocycles. The summed E-state index contributed by atoms with van der Waals surface area (Å²) >= 11 is 0. The Bertz CT molecular complexity index is 419. The Morgan fingerprint density at radius 3 is 2.67 bits per heavy atom. The lowest BCUT2D eigenvalue weighted by molar-refractivity contribution is 0.204. The highest BCUT2D eigenvalue weighted by atomic mass is 32.2. The molecule has 0 aliphatic carbocycles. The largest absolute Gasteiger partial charge is 0.383 e. The Kier molecular flexibility index (Phi) is 4.19. The smallest absolute Gasteiger partial charge is 0.243 e. The highest BCUT2D eigenvalue weighted by Gasteiger charge is 2.17. The van der Waals surface area contributed by atoms with Crippen LogP contribution in [0, 0.1) is 5.82 Å². The second-order valence-corrected chi connectivity index (χ2v) is 4.56. The van der Waals surface area contributed by atoms with Gasteiger partial charge >= 0.3 is 0 Å². The van der Waals surface area contributed by atoms with E-state index in [0.29, 0.717) is 0 Å². The predicted octanol–water partition coefficient (Wildman–Crippen LogP) is 0.750. The lowest BCUT2D eigenvalue weighted by Gasteiger charge is -2.06. The first-order valence-electron chi connectivity index (χ1n) is 4.31. The zero-order valence-corrected chi connectivity index (χ0v) is 9.05. The van der Waals surface area contributed by atoms with Crippen molar-refractivity contribution >= 4 is 10.0 Å². The summed E-state index contributed by atoms with van der Waals surface area (Å²) in [6.45, 7) is 0.362. The van der Waals surface area contributed by atoms with Crippen molar-refractivity contribution in [2.24, 2.45) is 0 Å². The van der Waals surface area contributed by atoms with Crippen molar-refractivity contribution < 1.29 is 17.5 Å².